The third-order valence-electron chi connectivity index (χ3n) is 3.10. The first-order valence-electron chi connectivity index (χ1n) is 5.57. The lowest BCUT2D eigenvalue weighted by molar-refractivity contribution is -0.153. The average Bonchev–Trinajstić information content (AvgIpc) is 2.25. The van der Waals surface area contributed by atoms with Gasteiger partial charge in [-0.2, -0.15) is 0 Å². The van der Waals surface area contributed by atoms with Crippen LogP contribution in [0.5, 0.6) is 5.75 Å². The summed E-state index contributed by atoms with van der Waals surface area (Å²) < 4.78 is 5.34. The maximum absolute atomic E-state index is 11.3. The number of aliphatic carboxylic acids is 1. The third kappa shape index (κ3) is 1.90. The highest BCUT2D eigenvalue weighted by Crippen LogP contribution is 2.42. The number of Topliss-reactive ketones (excluding diaryl/α,β-unsaturated/α-hetero) is 1. The van der Waals surface area contributed by atoms with Crippen molar-refractivity contribution in [2.45, 2.75) is 25.2 Å². The summed E-state index contributed by atoms with van der Waals surface area (Å²) in [5, 5.41) is 9.28. The predicted octanol–water partition coefficient (Wildman–Crippen LogP) is 1.77. The van der Waals surface area contributed by atoms with E-state index in [0.717, 1.165) is 0 Å². The van der Waals surface area contributed by atoms with Crippen molar-refractivity contribution in [1.82, 2.24) is 0 Å². The first-order chi connectivity index (χ1) is 8.08. The number of carboxylic acids is 1. The number of benzene rings is 1. The van der Waals surface area contributed by atoms with E-state index in [9.17, 15) is 14.7 Å². The van der Waals surface area contributed by atoms with Gasteiger partial charge in [0.25, 0.3) is 0 Å². The standard InChI is InChI=1S/C13H14O4/c1-2-17-11-5-3-4-9(6-11)13(12(15)16)7-10(14)8-13/h3-6H,2,7-8H2,1H3,(H,15,16). The molecule has 17 heavy (non-hydrogen) atoms. The summed E-state index contributed by atoms with van der Waals surface area (Å²) in [4.78, 5) is 22.4. The highest BCUT2D eigenvalue weighted by atomic mass is 16.5. The van der Waals surface area contributed by atoms with Gasteiger partial charge >= 0.3 is 5.97 Å². The number of rotatable bonds is 4. The van der Waals surface area contributed by atoms with Crippen LogP contribution in [0, 0.1) is 0 Å². The Morgan fingerprint density at radius 1 is 1.47 bits per heavy atom. The summed E-state index contributed by atoms with van der Waals surface area (Å²) in [5.41, 5.74) is -0.389. The lowest BCUT2D eigenvalue weighted by atomic mass is 9.63. The van der Waals surface area contributed by atoms with Gasteiger partial charge < -0.3 is 9.84 Å². The molecule has 0 bridgehead atoms. The largest absolute Gasteiger partial charge is 0.494 e. The Hall–Kier alpha value is -1.84. The molecule has 1 aliphatic rings. The molecule has 1 saturated carbocycles. The van der Waals surface area contributed by atoms with Crippen LogP contribution in [0.2, 0.25) is 0 Å². The number of ether oxygens (including phenoxy) is 1. The van der Waals surface area contributed by atoms with Crippen LogP contribution in [0.4, 0.5) is 0 Å². The molecule has 1 fully saturated rings. The summed E-state index contributed by atoms with van der Waals surface area (Å²) in [6.45, 7) is 2.40. The number of hydrogen-bond donors (Lipinski definition) is 1. The zero-order valence-electron chi connectivity index (χ0n) is 9.60. The molecular weight excluding hydrogens is 220 g/mol. The van der Waals surface area contributed by atoms with E-state index in [2.05, 4.69) is 0 Å². The van der Waals surface area contributed by atoms with Crippen molar-refractivity contribution in [2.24, 2.45) is 0 Å². The van der Waals surface area contributed by atoms with Gasteiger partial charge in [-0.15, -0.1) is 0 Å². The van der Waals surface area contributed by atoms with E-state index in [0.29, 0.717) is 17.9 Å². The first kappa shape index (κ1) is 11.6. The lowest BCUT2D eigenvalue weighted by Crippen LogP contribution is -2.48. The van der Waals surface area contributed by atoms with Crippen molar-refractivity contribution >= 4 is 11.8 Å². The van der Waals surface area contributed by atoms with Gasteiger partial charge in [0.15, 0.2) is 0 Å². The van der Waals surface area contributed by atoms with Crippen LogP contribution in [0.3, 0.4) is 0 Å². The minimum Gasteiger partial charge on any atom is -0.494 e. The van der Waals surface area contributed by atoms with Crippen molar-refractivity contribution in [1.29, 1.82) is 0 Å². The molecule has 1 aromatic carbocycles. The Bertz CT molecular complexity index is 456. The molecule has 0 atom stereocenters. The smallest absolute Gasteiger partial charge is 0.315 e. The molecule has 4 heteroatoms. The Balaban J connectivity index is 2.34. The average molecular weight is 234 g/mol. The zero-order valence-corrected chi connectivity index (χ0v) is 9.60. The Labute approximate surface area is 99.2 Å². The van der Waals surface area contributed by atoms with Crippen LogP contribution in [0.25, 0.3) is 0 Å². The highest BCUT2D eigenvalue weighted by molar-refractivity contribution is 6.01. The summed E-state index contributed by atoms with van der Waals surface area (Å²) in [6, 6.07) is 6.99. The predicted molar refractivity (Wildman–Crippen MR) is 61.2 cm³/mol. The Morgan fingerprint density at radius 3 is 2.71 bits per heavy atom. The van der Waals surface area contributed by atoms with Crippen LogP contribution in [0.1, 0.15) is 25.3 Å². The topological polar surface area (TPSA) is 63.6 Å². The Kier molecular flexibility index (Phi) is 2.88. The third-order valence-corrected chi connectivity index (χ3v) is 3.10. The minimum atomic E-state index is -1.04. The fourth-order valence-electron chi connectivity index (χ4n) is 2.15. The molecule has 0 radical (unpaired) electrons. The molecule has 90 valence electrons. The van der Waals surface area contributed by atoms with E-state index in [-0.39, 0.29) is 18.6 Å². The number of carbonyl (C=O) groups excluding carboxylic acids is 1. The van der Waals surface area contributed by atoms with Gasteiger partial charge in [-0.25, -0.2) is 0 Å². The summed E-state index contributed by atoms with van der Waals surface area (Å²) in [5.74, 6) is -0.301. The summed E-state index contributed by atoms with van der Waals surface area (Å²) in [6.07, 6.45) is 0.163. The van der Waals surface area contributed by atoms with Gasteiger partial charge in [-0.3, -0.25) is 9.59 Å². The molecule has 1 N–H and O–H groups in total. The second-order valence-corrected chi connectivity index (χ2v) is 4.24. The fraction of sp³-hybridized carbons (Fsp3) is 0.385. The van der Waals surface area contributed by atoms with Crippen LogP contribution in [-0.2, 0) is 15.0 Å². The highest BCUT2D eigenvalue weighted by Gasteiger charge is 2.51. The molecule has 2 rings (SSSR count). The van der Waals surface area contributed by atoms with E-state index in [1.807, 2.05) is 6.92 Å². The number of carboxylic acid groups (broad SMARTS) is 1. The molecule has 0 aromatic heterocycles. The summed E-state index contributed by atoms with van der Waals surface area (Å²) in [7, 11) is 0. The van der Waals surface area contributed by atoms with Gasteiger partial charge in [0.1, 0.15) is 16.9 Å². The van der Waals surface area contributed by atoms with E-state index in [4.69, 9.17) is 4.74 Å². The molecule has 1 aliphatic carbocycles. The van der Waals surface area contributed by atoms with E-state index in [1.165, 1.54) is 0 Å². The lowest BCUT2D eigenvalue weighted by Gasteiger charge is -2.36. The maximum Gasteiger partial charge on any atom is 0.315 e. The number of ketones is 1. The van der Waals surface area contributed by atoms with Crippen LogP contribution >= 0.6 is 0 Å². The van der Waals surface area contributed by atoms with E-state index in [1.54, 1.807) is 24.3 Å². The molecule has 0 unspecified atom stereocenters. The summed E-state index contributed by atoms with van der Waals surface area (Å²) >= 11 is 0. The van der Waals surface area contributed by atoms with Crippen molar-refractivity contribution in [2.75, 3.05) is 6.61 Å². The quantitative estimate of drug-likeness (QED) is 0.862. The van der Waals surface area contributed by atoms with Gasteiger partial charge in [0.2, 0.25) is 0 Å². The van der Waals surface area contributed by atoms with Gasteiger partial charge in [0.05, 0.1) is 6.61 Å². The van der Waals surface area contributed by atoms with Gasteiger partial charge in [-0.1, -0.05) is 12.1 Å². The van der Waals surface area contributed by atoms with Crippen LogP contribution in [0.15, 0.2) is 24.3 Å². The second kappa shape index (κ2) is 4.20. The monoisotopic (exact) mass is 234 g/mol. The molecule has 1 aromatic rings. The van der Waals surface area contributed by atoms with E-state index < -0.39 is 11.4 Å². The molecule has 0 aliphatic heterocycles. The molecular formula is C13H14O4. The number of hydrogen-bond acceptors (Lipinski definition) is 3. The maximum atomic E-state index is 11.3. The molecule has 4 nitrogen and oxygen atoms in total. The number of carbonyl (C=O) groups is 2. The Morgan fingerprint density at radius 2 is 2.18 bits per heavy atom. The zero-order chi connectivity index (χ0) is 12.5. The van der Waals surface area contributed by atoms with Crippen molar-refractivity contribution < 1.29 is 19.4 Å². The second-order valence-electron chi connectivity index (χ2n) is 4.24. The molecule has 0 heterocycles. The van der Waals surface area contributed by atoms with Crippen molar-refractivity contribution in [3.8, 4) is 5.75 Å². The minimum absolute atomic E-state index is 0.00536. The van der Waals surface area contributed by atoms with Gasteiger partial charge in [0, 0.05) is 12.8 Å². The fourth-order valence-corrected chi connectivity index (χ4v) is 2.15. The van der Waals surface area contributed by atoms with Crippen LogP contribution in [-0.4, -0.2) is 23.5 Å². The van der Waals surface area contributed by atoms with Crippen molar-refractivity contribution in [3.05, 3.63) is 29.8 Å². The van der Waals surface area contributed by atoms with Gasteiger partial charge in [-0.05, 0) is 24.6 Å². The first-order valence-corrected chi connectivity index (χ1v) is 5.57. The molecule has 0 saturated heterocycles. The van der Waals surface area contributed by atoms with E-state index >= 15 is 0 Å². The normalized spacial score (nSPS) is 17.4. The SMILES string of the molecule is CCOc1cccc(C2(C(=O)O)CC(=O)C2)c1. The van der Waals surface area contributed by atoms with Crippen LogP contribution < -0.4 is 4.74 Å². The molecule has 0 spiro atoms. The molecule has 0 amide bonds. The van der Waals surface area contributed by atoms with Crippen molar-refractivity contribution in [3.63, 3.8) is 0 Å².